The first-order valence-electron chi connectivity index (χ1n) is 5.61. The molecule has 0 unspecified atom stereocenters. The van der Waals surface area contributed by atoms with Gasteiger partial charge in [0.05, 0.1) is 6.54 Å². The summed E-state index contributed by atoms with van der Waals surface area (Å²) < 4.78 is 5.71. The molecule has 0 amide bonds. The molecule has 2 rings (SSSR count). The van der Waals surface area contributed by atoms with Gasteiger partial charge in [0.15, 0.2) is 5.96 Å². The van der Waals surface area contributed by atoms with Gasteiger partial charge < -0.3 is 16.2 Å². The molecular formula is C14H15N3O. The fourth-order valence-corrected chi connectivity index (χ4v) is 1.51. The predicted octanol–water partition coefficient (Wildman–Crippen LogP) is 2.25. The number of guanidine groups is 1. The minimum absolute atomic E-state index is 0.0874. The molecule has 0 aromatic heterocycles. The molecule has 0 bridgehead atoms. The van der Waals surface area contributed by atoms with E-state index in [9.17, 15) is 0 Å². The third-order valence-electron chi connectivity index (χ3n) is 2.32. The number of aliphatic imine (C=N–C) groups is 1. The Kier molecular flexibility index (Phi) is 3.81. The number of nitrogens with zero attached hydrogens (tertiary/aromatic N) is 1. The standard InChI is InChI=1S/C14H15N3O/c15-14(16)17-10-11-5-4-8-13(9-11)18-12-6-2-1-3-7-12/h1-9H,10H2,(H4,15,16,17). The van der Waals surface area contributed by atoms with Crippen LogP contribution in [-0.2, 0) is 6.54 Å². The molecular weight excluding hydrogens is 226 g/mol. The van der Waals surface area contributed by atoms with Crippen molar-refractivity contribution in [3.8, 4) is 11.5 Å². The molecule has 0 fully saturated rings. The maximum Gasteiger partial charge on any atom is 0.186 e. The molecule has 0 saturated heterocycles. The number of nitrogens with two attached hydrogens (primary N) is 2. The van der Waals surface area contributed by atoms with Crippen molar-refractivity contribution >= 4 is 5.96 Å². The Morgan fingerprint density at radius 3 is 2.39 bits per heavy atom. The Morgan fingerprint density at radius 1 is 0.944 bits per heavy atom. The molecule has 0 heterocycles. The average molecular weight is 241 g/mol. The first-order valence-corrected chi connectivity index (χ1v) is 5.61. The van der Waals surface area contributed by atoms with Crippen molar-refractivity contribution in [2.24, 2.45) is 16.5 Å². The highest BCUT2D eigenvalue weighted by atomic mass is 16.5. The Hall–Kier alpha value is -2.49. The summed E-state index contributed by atoms with van der Waals surface area (Å²) in [5.74, 6) is 1.66. The van der Waals surface area contributed by atoms with Crippen molar-refractivity contribution in [2.75, 3.05) is 0 Å². The largest absolute Gasteiger partial charge is 0.457 e. The molecule has 0 aliphatic heterocycles. The van der Waals surface area contributed by atoms with Gasteiger partial charge in [-0.2, -0.15) is 0 Å². The molecule has 4 N–H and O–H groups in total. The maximum absolute atomic E-state index is 5.71. The van der Waals surface area contributed by atoms with Crippen LogP contribution >= 0.6 is 0 Å². The van der Waals surface area contributed by atoms with Crippen LogP contribution in [0.15, 0.2) is 59.6 Å². The third kappa shape index (κ3) is 3.52. The van der Waals surface area contributed by atoms with Crippen LogP contribution in [0.3, 0.4) is 0 Å². The summed E-state index contributed by atoms with van der Waals surface area (Å²) in [5.41, 5.74) is 11.6. The van der Waals surface area contributed by atoms with Crippen LogP contribution in [0.1, 0.15) is 5.56 Å². The lowest BCUT2D eigenvalue weighted by Gasteiger charge is -2.06. The fourth-order valence-electron chi connectivity index (χ4n) is 1.51. The van der Waals surface area contributed by atoms with Crippen molar-refractivity contribution in [2.45, 2.75) is 6.54 Å². The fraction of sp³-hybridized carbons (Fsp3) is 0.0714. The molecule has 2 aromatic rings. The number of ether oxygens (including phenoxy) is 1. The van der Waals surface area contributed by atoms with E-state index in [1.54, 1.807) is 0 Å². The van der Waals surface area contributed by atoms with Gasteiger partial charge in [-0.3, -0.25) is 0 Å². The highest BCUT2D eigenvalue weighted by molar-refractivity contribution is 5.75. The summed E-state index contributed by atoms with van der Waals surface area (Å²) in [6.45, 7) is 0.453. The van der Waals surface area contributed by atoms with E-state index >= 15 is 0 Å². The maximum atomic E-state index is 5.71. The van der Waals surface area contributed by atoms with E-state index < -0.39 is 0 Å². The van der Waals surface area contributed by atoms with Crippen molar-refractivity contribution in [1.29, 1.82) is 0 Å². The number of rotatable bonds is 4. The summed E-state index contributed by atoms with van der Waals surface area (Å²) in [6.07, 6.45) is 0. The van der Waals surface area contributed by atoms with Gasteiger partial charge in [0.2, 0.25) is 0 Å². The normalized spacial score (nSPS) is 9.78. The molecule has 0 radical (unpaired) electrons. The van der Waals surface area contributed by atoms with Gasteiger partial charge >= 0.3 is 0 Å². The summed E-state index contributed by atoms with van der Waals surface area (Å²) in [5, 5.41) is 0. The SMILES string of the molecule is NC(N)=NCc1cccc(Oc2ccccc2)c1. The molecule has 4 heteroatoms. The lowest BCUT2D eigenvalue weighted by Crippen LogP contribution is -2.22. The summed E-state index contributed by atoms with van der Waals surface area (Å²) >= 11 is 0. The highest BCUT2D eigenvalue weighted by Crippen LogP contribution is 2.21. The monoisotopic (exact) mass is 241 g/mol. The molecule has 92 valence electrons. The van der Waals surface area contributed by atoms with Gasteiger partial charge in [0, 0.05) is 0 Å². The number of hydrogen-bond donors (Lipinski definition) is 2. The van der Waals surface area contributed by atoms with Gasteiger partial charge in [0.25, 0.3) is 0 Å². The molecule has 0 aliphatic carbocycles. The predicted molar refractivity (Wildman–Crippen MR) is 72.5 cm³/mol. The zero-order valence-corrected chi connectivity index (χ0v) is 9.91. The summed E-state index contributed by atoms with van der Waals surface area (Å²) in [4.78, 5) is 3.96. The van der Waals surface area contributed by atoms with Crippen molar-refractivity contribution in [3.63, 3.8) is 0 Å². The molecule has 0 saturated carbocycles. The topological polar surface area (TPSA) is 73.6 Å². The lowest BCUT2D eigenvalue weighted by molar-refractivity contribution is 0.482. The molecule has 0 spiro atoms. The Morgan fingerprint density at radius 2 is 1.67 bits per heavy atom. The number of benzene rings is 2. The quantitative estimate of drug-likeness (QED) is 0.637. The van der Waals surface area contributed by atoms with Crippen molar-refractivity contribution < 1.29 is 4.74 Å². The van der Waals surface area contributed by atoms with Crippen LogP contribution in [0.5, 0.6) is 11.5 Å². The van der Waals surface area contributed by atoms with Gasteiger partial charge in [-0.05, 0) is 29.8 Å². The highest BCUT2D eigenvalue weighted by Gasteiger charge is 1.98. The van der Waals surface area contributed by atoms with Crippen LogP contribution in [0.4, 0.5) is 0 Å². The zero-order chi connectivity index (χ0) is 12.8. The Labute approximate surface area is 106 Å². The second kappa shape index (κ2) is 5.72. The van der Waals surface area contributed by atoms with E-state index in [0.29, 0.717) is 6.54 Å². The van der Waals surface area contributed by atoms with E-state index in [1.165, 1.54) is 0 Å². The average Bonchev–Trinajstić information content (AvgIpc) is 2.38. The van der Waals surface area contributed by atoms with Crippen LogP contribution in [0.25, 0.3) is 0 Å². The second-order valence-corrected chi connectivity index (χ2v) is 3.80. The molecule has 4 nitrogen and oxygen atoms in total. The molecule has 18 heavy (non-hydrogen) atoms. The van der Waals surface area contributed by atoms with Gasteiger partial charge in [-0.1, -0.05) is 30.3 Å². The minimum Gasteiger partial charge on any atom is -0.457 e. The van der Waals surface area contributed by atoms with E-state index in [4.69, 9.17) is 16.2 Å². The second-order valence-electron chi connectivity index (χ2n) is 3.80. The zero-order valence-electron chi connectivity index (χ0n) is 9.91. The van der Waals surface area contributed by atoms with Crippen molar-refractivity contribution in [1.82, 2.24) is 0 Å². The summed E-state index contributed by atoms with van der Waals surface area (Å²) in [7, 11) is 0. The smallest absolute Gasteiger partial charge is 0.186 e. The van der Waals surface area contributed by atoms with E-state index in [0.717, 1.165) is 17.1 Å². The number of hydrogen-bond acceptors (Lipinski definition) is 2. The molecule has 2 aromatic carbocycles. The van der Waals surface area contributed by atoms with Crippen LogP contribution < -0.4 is 16.2 Å². The molecule has 0 atom stereocenters. The summed E-state index contributed by atoms with van der Waals surface area (Å²) in [6, 6.07) is 17.3. The van der Waals surface area contributed by atoms with E-state index in [1.807, 2.05) is 54.6 Å². The van der Waals surface area contributed by atoms with Gasteiger partial charge in [0.1, 0.15) is 11.5 Å². The van der Waals surface area contributed by atoms with Crippen LogP contribution in [-0.4, -0.2) is 5.96 Å². The van der Waals surface area contributed by atoms with Crippen LogP contribution in [0.2, 0.25) is 0 Å². The van der Waals surface area contributed by atoms with Crippen LogP contribution in [0, 0.1) is 0 Å². The lowest BCUT2D eigenvalue weighted by atomic mass is 10.2. The Bertz CT molecular complexity index is 534. The molecule has 0 aliphatic rings. The Balaban J connectivity index is 2.10. The number of para-hydroxylation sites is 1. The minimum atomic E-state index is 0.0874. The first kappa shape index (κ1) is 12.0. The van der Waals surface area contributed by atoms with E-state index in [2.05, 4.69) is 4.99 Å². The first-order chi connectivity index (χ1) is 8.74. The van der Waals surface area contributed by atoms with Crippen molar-refractivity contribution in [3.05, 3.63) is 60.2 Å². The third-order valence-corrected chi connectivity index (χ3v) is 2.32. The van der Waals surface area contributed by atoms with Gasteiger partial charge in [-0.15, -0.1) is 0 Å². The van der Waals surface area contributed by atoms with Gasteiger partial charge in [-0.25, -0.2) is 4.99 Å². The van der Waals surface area contributed by atoms with E-state index in [-0.39, 0.29) is 5.96 Å².